The number of likely N-dealkylation sites (N-methyl/N-ethyl adjacent to an activating group) is 1. The summed E-state index contributed by atoms with van der Waals surface area (Å²) in [5.74, 6) is -0.757. The van der Waals surface area contributed by atoms with Gasteiger partial charge in [-0.05, 0) is 43.0 Å². The Bertz CT molecular complexity index is 1240. The smallest absolute Gasteiger partial charge is 0.228 e. The molecule has 1 aliphatic heterocycles. The molecule has 35 heavy (non-hydrogen) atoms. The van der Waals surface area contributed by atoms with Crippen molar-refractivity contribution in [2.75, 3.05) is 13.2 Å². The van der Waals surface area contributed by atoms with Gasteiger partial charge in [-0.25, -0.2) is 17.8 Å². The maximum absolute atomic E-state index is 13.3. The molecule has 1 fully saturated rings. The van der Waals surface area contributed by atoms with Gasteiger partial charge in [-0.15, -0.1) is 0 Å². The Labute approximate surface area is 205 Å². The minimum Gasteiger partial charge on any atom is -0.376 e. The molecule has 1 saturated heterocycles. The summed E-state index contributed by atoms with van der Waals surface area (Å²) in [4.78, 5) is 19.0. The van der Waals surface area contributed by atoms with Crippen LogP contribution in [-0.4, -0.2) is 48.0 Å². The lowest BCUT2D eigenvalue weighted by Gasteiger charge is -2.23. The van der Waals surface area contributed by atoms with Crippen LogP contribution >= 0.6 is 0 Å². The van der Waals surface area contributed by atoms with E-state index < -0.39 is 15.7 Å². The van der Waals surface area contributed by atoms with Gasteiger partial charge < -0.3 is 14.2 Å². The predicted molar refractivity (Wildman–Crippen MR) is 130 cm³/mol. The van der Waals surface area contributed by atoms with E-state index in [1.54, 1.807) is 9.47 Å². The monoisotopic (exact) mass is 499 g/mol. The van der Waals surface area contributed by atoms with E-state index in [0.717, 1.165) is 18.4 Å². The summed E-state index contributed by atoms with van der Waals surface area (Å²) in [6.07, 6.45) is 3.44. The fourth-order valence-corrected chi connectivity index (χ4v) is 5.77. The molecule has 0 spiro atoms. The van der Waals surface area contributed by atoms with E-state index >= 15 is 0 Å². The van der Waals surface area contributed by atoms with E-state index in [9.17, 15) is 17.6 Å². The zero-order valence-electron chi connectivity index (χ0n) is 19.8. The van der Waals surface area contributed by atoms with Crippen molar-refractivity contribution in [1.29, 1.82) is 0 Å². The second kappa shape index (κ2) is 11.1. The second-order valence-corrected chi connectivity index (χ2v) is 10.6. The maximum atomic E-state index is 13.3. The molecule has 3 aromatic rings. The second-order valence-electron chi connectivity index (χ2n) is 8.73. The molecule has 4 rings (SSSR count). The molecule has 1 aromatic heterocycles. The Kier molecular flexibility index (Phi) is 7.97. The average Bonchev–Trinajstić information content (AvgIpc) is 3.50. The number of imidazole rings is 1. The molecule has 0 N–H and O–H groups in total. The number of benzene rings is 2. The van der Waals surface area contributed by atoms with Gasteiger partial charge in [-0.1, -0.05) is 42.5 Å². The van der Waals surface area contributed by atoms with Crippen molar-refractivity contribution in [3.05, 3.63) is 83.4 Å². The average molecular weight is 500 g/mol. The first kappa shape index (κ1) is 25.1. The fraction of sp³-hybridized carbons (Fsp3) is 0.385. The van der Waals surface area contributed by atoms with Crippen molar-refractivity contribution in [2.24, 2.45) is 0 Å². The number of rotatable bonds is 10. The Morgan fingerprint density at radius 2 is 1.89 bits per heavy atom. The SMILES string of the molecule is CCN(Cc1cnc(S(=O)(=O)Cc2ccc(F)cc2)n1CC1CCCO1)C(=O)Cc1ccccc1. The molecule has 0 radical (unpaired) electrons. The number of carbonyl (C=O) groups excluding carboxylic acids is 1. The molecule has 1 aliphatic rings. The number of hydrogen-bond acceptors (Lipinski definition) is 5. The van der Waals surface area contributed by atoms with Crippen LogP contribution in [0.4, 0.5) is 4.39 Å². The van der Waals surface area contributed by atoms with Crippen molar-refractivity contribution in [2.45, 2.75) is 56.3 Å². The highest BCUT2D eigenvalue weighted by Gasteiger charge is 2.28. The van der Waals surface area contributed by atoms with E-state index in [0.29, 0.717) is 31.0 Å². The zero-order valence-corrected chi connectivity index (χ0v) is 20.6. The van der Waals surface area contributed by atoms with Crippen LogP contribution in [0, 0.1) is 5.82 Å². The number of amides is 1. The summed E-state index contributed by atoms with van der Waals surface area (Å²) >= 11 is 0. The van der Waals surface area contributed by atoms with Crippen molar-refractivity contribution >= 4 is 15.7 Å². The summed E-state index contributed by atoms with van der Waals surface area (Å²) < 4.78 is 47.4. The van der Waals surface area contributed by atoms with Crippen LogP contribution in [0.5, 0.6) is 0 Å². The number of halogens is 1. The Balaban J connectivity index is 1.59. The topological polar surface area (TPSA) is 81.5 Å². The molecule has 0 saturated carbocycles. The number of ether oxygens (including phenoxy) is 1. The molecule has 0 aliphatic carbocycles. The third-order valence-electron chi connectivity index (χ3n) is 6.15. The van der Waals surface area contributed by atoms with E-state index in [1.807, 2.05) is 37.3 Å². The third-order valence-corrected chi connectivity index (χ3v) is 7.74. The summed E-state index contributed by atoms with van der Waals surface area (Å²) in [5.41, 5.74) is 2.04. The molecule has 7 nitrogen and oxygen atoms in total. The van der Waals surface area contributed by atoms with Gasteiger partial charge in [0.15, 0.2) is 0 Å². The molecule has 1 amide bonds. The molecule has 9 heteroatoms. The molecule has 2 heterocycles. The van der Waals surface area contributed by atoms with Crippen LogP contribution in [0.25, 0.3) is 0 Å². The standard InChI is InChI=1S/C26H30FN3O4S/c1-2-29(25(31)15-20-7-4-3-5-8-20)17-23-16-28-26(30(23)18-24-9-6-14-34-24)35(32,33)19-21-10-12-22(27)13-11-21/h3-5,7-8,10-13,16,24H,2,6,9,14-15,17-19H2,1H3. The molecule has 1 unspecified atom stereocenters. The van der Waals surface area contributed by atoms with Crippen LogP contribution in [0.15, 0.2) is 66.0 Å². The summed E-state index contributed by atoms with van der Waals surface area (Å²) in [5, 5.41) is -0.0566. The lowest BCUT2D eigenvalue weighted by molar-refractivity contribution is -0.131. The minimum absolute atomic E-state index is 0.0423. The number of carbonyl (C=O) groups is 1. The van der Waals surface area contributed by atoms with Crippen LogP contribution in [0.1, 0.15) is 36.6 Å². The molecule has 186 valence electrons. The number of aromatic nitrogens is 2. The highest BCUT2D eigenvalue weighted by Crippen LogP contribution is 2.23. The molecular formula is C26H30FN3O4S. The normalized spacial score (nSPS) is 15.9. The Morgan fingerprint density at radius 1 is 1.14 bits per heavy atom. The quantitative estimate of drug-likeness (QED) is 0.424. The number of nitrogens with zero attached hydrogens (tertiary/aromatic N) is 3. The van der Waals surface area contributed by atoms with Gasteiger partial charge in [0.2, 0.25) is 20.9 Å². The zero-order chi connectivity index (χ0) is 24.8. The highest BCUT2D eigenvalue weighted by atomic mass is 32.2. The summed E-state index contributed by atoms with van der Waals surface area (Å²) in [7, 11) is -3.82. The van der Waals surface area contributed by atoms with Gasteiger partial charge in [0.25, 0.3) is 0 Å². The van der Waals surface area contributed by atoms with Gasteiger partial charge in [-0.2, -0.15) is 0 Å². The molecule has 0 bridgehead atoms. The van der Waals surface area contributed by atoms with Gasteiger partial charge in [0.1, 0.15) is 5.82 Å². The lowest BCUT2D eigenvalue weighted by Crippen LogP contribution is -2.33. The fourth-order valence-electron chi connectivity index (χ4n) is 4.27. The number of sulfone groups is 1. The lowest BCUT2D eigenvalue weighted by atomic mass is 10.1. The van der Waals surface area contributed by atoms with Crippen LogP contribution in [-0.2, 0) is 44.6 Å². The van der Waals surface area contributed by atoms with Crippen molar-refractivity contribution in [3.63, 3.8) is 0 Å². The van der Waals surface area contributed by atoms with E-state index in [4.69, 9.17) is 4.74 Å². The first-order chi connectivity index (χ1) is 16.9. The van der Waals surface area contributed by atoms with Gasteiger partial charge in [0.05, 0.1) is 43.3 Å². The summed E-state index contributed by atoms with van der Waals surface area (Å²) in [6.45, 7) is 3.61. The van der Waals surface area contributed by atoms with E-state index in [2.05, 4.69) is 4.98 Å². The molecular weight excluding hydrogens is 469 g/mol. The maximum Gasteiger partial charge on any atom is 0.228 e. The Morgan fingerprint density at radius 3 is 2.54 bits per heavy atom. The van der Waals surface area contributed by atoms with Gasteiger partial charge >= 0.3 is 0 Å². The van der Waals surface area contributed by atoms with E-state index in [-0.39, 0.29) is 35.9 Å². The van der Waals surface area contributed by atoms with Crippen molar-refractivity contribution in [1.82, 2.24) is 14.5 Å². The summed E-state index contributed by atoms with van der Waals surface area (Å²) in [6, 6.07) is 14.9. The largest absolute Gasteiger partial charge is 0.376 e. The van der Waals surface area contributed by atoms with Crippen LogP contribution in [0.3, 0.4) is 0 Å². The predicted octanol–water partition coefficient (Wildman–Crippen LogP) is 3.77. The van der Waals surface area contributed by atoms with E-state index in [1.165, 1.54) is 30.5 Å². The van der Waals surface area contributed by atoms with Gasteiger partial charge in [0, 0.05) is 13.2 Å². The molecule has 1 atom stereocenters. The highest BCUT2D eigenvalue weighted by molar-refractivity contribution is 7.90. The van der Waals surface area contributed by atoms with Crippen molar-refractivity contribution in [3.8, 4) is 0 Å². The van der Waals surface area contributed by atoms with Gasteiger partial charge in [-0.3, -0.25) is 4.79 Å². The van der Waals surface area contributed by atoms with Crippen molar-refractivity contribution < 1.29 is 22.3 Å². The third kappa shape index (κ3) is 6.35. The van der Waals surface area contributed by atoms with Crippen LogP contribution < -0.4 is 0 Å². The minimum atomic E-state index is -3.82. The first-order valence-corrected chi connectivity index (χ1v) is 13.5. The van der Waals surface area contributed by atoms with Crippen LogP contribution in [0.2, 0.25) is 0 Å². The number of hydrogen-bond donors (Lipinski definition) is 0. The first-order valence-electron chi connectivity index (χ1n) is 11.8. The molecule has 2 aromatic carbocycles. The Hall–Kier alpha value is -3.04.